The lowest BCUT2D eigenvalue weighted by molar-refractivity contribution is 0.104. The minimum Gasteiger partial charge on any atom is -0.508 e. The molecule has 0 radical (unpaired) electrons. The molecule has 0 amide bonds. The number of rotatable bonds is 7. The summed E-state index contributed by atoms with van der Waals surface area (Å²) in [5.74, 6) is -0.310. The number of ketones is 1. The van der Waals surface area contributed by atoms with E-state index in [1.54, 1.807) is 24.3 Å². The maximum absolute atomic E-state index is 12.4. The third kappa shape index (κ3) is 5.62. The third-order valence-corrected chi connectivity index (χ3v) is 6.76. The highest BCUT2D eigenvalue weighted by Gasteiger charge is 2.21. The summed E-state index contributed by atoms with van der Waals surface area (Å²) >= 11 is 30.6. The normalized spacial score (nSPS) is 11.1. The van der Waals surface area contributed by atoms with E-state index in [1.807, 2.05) is 0 Å². The largest absolute Gasteiger partial charge is 0.508 e. The van der Waals surface area contributed by atoms with Crippen molar-refractivity contribution in [1.29, 1.82) is 0 Å². The quantitative estimate of drug-likeness (QED) is 0.136. The minimum atomic E-state index is -0.440. The average Bonchev–Trinajstić information content (AvgIpc) is 2.80. The highest BCUT2D eigenvalue weighted by Crippen LogP contribution is 2.48. The molecule has 33 heavy (non-hydrogen) atoms. The van der Waals surface area contributed by atoms with Crippen LogP contribution in [-0.4, -0.2) is 23.1 Å². The van der Waals surface area contributed by atoms with Crippen molar-refractivity contribution in [2.45, 2.75) is 6.61 Å². The van der Waals surface area contributed by atoms with Gasteiger partial charge in [0.15, 0.2) is 11.5 Å². The van der Waals surface area contributed by atoms with Crippen LogP contribution >= 0.6 is 58.0 Å². The summed E-state index contributed by atoms with van der Waals surface area (Å²) in [7, 11) is 1.50. The van der Waals surface area contributed by atoms with Crippen LogP contribution in [0.5, 0.6) is 23.0 Å². The van der Waals surface area contributed by atoms with Gasteiger partial charge in [0.2, 0.25) is 0 Å². The Balaban J connectivity index is 1.85. The Morgan fingerprint density at radius 1 is 0.909 bits per heavy atom. The maximum atomic E-state index is 12.4. The van der Waals surface area contributed by atoms with Crippen LogP contribution in [0, 0.1) is 0 Å². The van der Waals surface area contributed by atoms with Crippen LogP contribution < -0.4 is 9.47 Å². The lowest BCUT2D eigenvalue weighted by atomic mass is 10.1. The van der Waals surface area contributed by atoms with Gasteiger partial charge in [-0.15, -0.1) is 0 Å². The van der Waals surface area contributed by atoms with Crippen molar-refractivity contribution in [1.82, 2.24) is 0 Å². The fraction of sp³-hybridized carbons (Fsp3) is 0.0870. The van der Waals surface area contributed by atoms with Crippen molar-refractivity contribution in [3.8, 4) is 23.0 Å². The van der Waals surface area contributed by atoms with E-state index in [-0.39, 0.29) is 54.5 Å². The summed E-state index contributed by atoms with van der Waals surface area (Å²) in [5.41, 5.74) is 1.33. The summed E-state index contributed by atoms with van der Waals surface area (Å²) in [6, 6.07) is 8.91. The van der Waals surface area contributed by atoms with Crippen molar-refractivity contribution in [2.24, 2.45) is 0 Å². The Kier molecular flexibility index (Phi) is 8.27. The second kappa shape index (κ2) is 10.8. The molecule has 0 unspecified atom stereocenters. The molecule has 3 aromatic rings. The third-order valence-electron chi connectivity index (χ3n) is 4.52. The number of ether oxygens (including phenoxy) is 2. The van der Waals surface area contributed by atoms with E-state index in [0.717, 1.165) is 6.07 Å². The molecule has 0 spiro atoms. The zero-order valence-corrected chi connectivity index (χ0v) is 20.6. The van der Waals surface area contributed by atoms with Crippen LogP contribution in [0.15, 0.2) is 42.5 Å². The summed E-state index contributed by atoms with van der Waals surface area (Å²) < 4.78 is 11.1. The standard InChI is InChI=1S/C23H15Cl5O5/c1-32-17-7-3-11(2-6-15(30)14-5-4-13(29)9-16(14)31)8-12(17)10-33-23-21(27)19(25)18(24)20(26)22(23)28/h2-9,29,31H,10H2,1H3/b6-2+. The van der Waals surface area contributed by atoms with Gasteiger partial charge in [0, 0.05) is 11.6 Å². The van der Waals surface area contributed by atoms with Crippen molar-refractivity contribution < 1.29 is 24.5 Å². The number of hydrogen-bond donors (Lipinski definition) is 2. The van der Waals surface area contributed by atoms with Gasteiger partial charge < -0.3 is 19.7 Å². The topological polar surface area (TPSA) is 76.0 Å². The van der Waals surface area contributed by atoms with Gasteiger partial charge in [-0.3, -0.25) is 4.79 Å². The van der Waals surface area contributed by atoms with Crippen molar-refractivity contribution in [3.05, 3.63) is 84.3 Å². The first-order chi connectivity index (χ1) is 15.6. The molecule has 3 aromatic carbocycles. The monoisotopic (exact) mass is 546 g/mol. The molecule has 0 aliphatic rings. The minimum absolute atomic E-state index is 0.00865. The van der Waals surface area contributed by atoms with E-state index in [1.165, 1.54) is 25.3 Å². The van der Waals surface area contributed by atoms with Gasteiger partial charge in [0.1, 0.15) is 33.9 Å². The van der Waals surface area contributed by atoms with Gasteiger partial charge >= 0.3 is 0 Å². The van der Waals surface area contributed by atoms with Crippen molar-refractivity contribution in [3.63, 3.8) is 0 Å². The highest BCUT2D eigenvalue weighted by atomic mass is 35.5. The van der Waals surface area contributed by atoms with Gasteiger partial charge in [0.05, 0.1) is 27.7 Å². The number of carbonyl (C=O) groups is 1. The van der Waals surface area contributed by atoms with Gasteiger partial charge in [-0.1, -0.05) is 70.1 Å². The summed E-state index contributed by atoms with van der Waals surface area (Å²) in [6.07, 6.45) is 2.86. The van der Waals surface area contributed by atoms with Crippen LogP contribution in [0.2, 0.25) is 25.1 Å². The van der Waals surface area contributed by atoms with Crippen LogP contribution in [0.4, 0.5) is 0 Å². The molecule has 0 atom stereocenters. The van der Waals surface area contributed by atoms with Crippen LogP contribution in [-0.2, 0) is 6.61 Å². The highest BCUT2D eigenvalue weighted by molar-refractivity contribution is 6.55. The van der Waals surface area contributed by atoms with E-state index in [0.29, 0.717) is 16.9 Å². The second-order valence-corrected chi connectivity index (χ2v) is 8.55. The number of phenolic OH excluding ortho intramolecular Hbond substituents is 2. The van der Waals surface area contributed by atoms with Gasteiger partial charge in [-0.2, -0.15) is 0 Å². The fourth-order valence-corrected chi connectivity index (χ4v) is 4.10. The summed E-state index contributed by atoms with van der Waals surface area (Å²) in [5, 5.41) is 19.3. The molecule has 0 bridgehead atoms. The molecule has 3 rings (SSSR count). The van der Waals surface area contributed by atoms with E-state index in [9.17, 15) is 15.0 Å². The molecule has 0 heterocycles. The van der Waals surface area contributed by atoms with Gasteiger partial charge in [-0.25, -0.2) is 0 Å². The number of benzene rings is 3. The van der Waals surface area contributed by atoms with Crippen molar-refractivity contribution in [2.75, 3.05) is 7.11 Å². The number of phenols is 2. The number of hydrogen-bond acceptors (Lipinski definition) is 5. The maximum Gasteiger partial charge on any atom is 0.189 e. The van der Waals surface area contributed by atoms with Crippen LogP contribution in [0.25, 0.3) is 6.08 Å². The number of halogens is 5. The van der Waals surface area contributed by atoms with E-state index >= 15 is 0 Å². The molecule has 5 nitrogen and oxygen atoms in total. The van der Waals surface area contributed by atoms with Crippen LogP contribution in [0.1, 0.15) is 21.5 Å². The zero-order chi connectivity index (χ0) is 24.3. The zero-order valence-electron chi connectivity index (χ0n) is 16.8. The fourth-order valence-electron chi connectivity index (χ4n) is 2.87. The second-order valence-electron chi connectivity index (χ2n) is 6.66. The lowest BCUT2D eigenvalue weighted by Crippen LogP contribution is -2.01. The molecule has 0 fully saturated rings. The number of methoxy groups -OCH3 is 1. The molecular weight excluding hydrogens is 534 g/mol. The van der Waals surface area contributed by atoms with E-state index < -0.39 is 5.78 Å². The molecule has 0 aliphatic heterocycles. The van der Waals surface area contributed by atoms with E-state index in [2.05, 4.69) is 0 Å². The van der Waals surface area contributed by atoms with Crippen LogP contribution in [0.3, 0.4) is 0 Å². The predicted molar refractivity (Wildman–Crippen MR) is 132 cm³/mol. The Labute approximate surface area is 214 Å². The first kappa shape index (κ1) is 25.3. The predicted octanol–water partition coefficient (Wildman–Crippen LogP) is 7.85. The molecule has 0 saturated heterocycles. The Hall–Kier alpha value is -2.28. The molecule has 0 aromatic heterocycles. The summed E-state index contributed by atoms with van der Waals surface area (Å²) in [6.45, 7) is -0.00865. The Morgan fingerprint density at radius 2 is 1.55 bits per heavy atom. The number of allylic oxidation sites excluding steroid dienone is 1. The molecule has 0 aliphatic carbocycles. The smallest absolute Gasteiger partial charge is 0.189 e. The van der Waals surface area contributed by atoms with Crippen molar-refractivity contribution >= 4 is 69.9 Å². The number of aromatic hydroxyl groups is 2. The summed E-state index contributed by atoms with van der Waals surface area (Å²) in [4.78, 5) is 12.4. The van der Waals surface area contributed by atoms with Gasteiger partial charge in [-0.05, 0) is 35.9 Å². The Bertz CT molecular complexity index is 1230. The van der Waals surface area contributed by atoms with Gasteiger partial charge in [0.25, 0.3) is 0 Å². The SMILES string of the molecule is COc1ccc(/C=C/C(=O)c2ccc(O)cc2O)cc1COc1c(Cl)c(Cl)c(Cl)c(Cl)c1Cl. The molecule has 10 heteroatoms. The first-order valence-electron chi connectivity index (χ1n) is 9.19. The molecule has 2 N–H and O–H groups in total. The first-order valence-corrected chi connectivity index (χ1v) is 11.1. The lowest BCUT2D eigenvalue weighted by Gasteiger charge is -2.15. The molecule has 172 valence electrons. The Morgan fingerprint density at radius 3 is 2.15 bits per heavy atom. The van der Waals surface area contributed by atoms with E-state index in [4.69, 9.17) is 67.5 Å². The molecule has 0 saturated carbocycles. The molecular formula is C23H15Cl5O5. The number of carbonyl (C=O) groups excluding carboxylic acids is 1. The average molecular weight is 549 g/mol.